The van der Waals surface area contributed by atoms with E-state index in [1.54, 1.807) is 0 Å². The zero-order chi connectivity index (χ0) is 10.1. The molecule has 0 spiro atoms. The van der Waals surface area contributed by atoms with Crippen molar-refractivity contribution in [2.45, 2.75) is 25.9 Å². The van der Waals surface area contributed by atoms with Gasteiger partial charge in [-0.05, 0) is 25.3 Å². The predicted octanol–water partition coefficient (Wildman–Crippen LogP) is -0.662. The first-order valence-electron chi connectivity index (χ1n) is 4.81. The molecule has 0 heterocycles. The molecule has 0 rings (SSSR count). The van der Waals surface area contributed by atoms with Crippen molar-refractivity contribution in [3.8, 4) is 0 Å². The topological polar surface area (TPSA) is 72.7 Å². The molecule has 2 unspecified atom stereocenters. The maximum Gasteiger partial charge on any atom is 0.0894 e. The van der Waals surface area contributed by atoms with Crippen molar-refractivity contribution in [3.05, 3.63) is 0 Å². The lowest BCUT2D eigenvalue weighted by Gasteiger charge is -2.10. The number of nitrogens with one attached hydrogen (secondary N) is 1. The second-order valence-electron chi connectivity index (χ2n) is 3.47. The number of aliphatic hydroxyl groups is 3. The van der Waals surface area contributed by atoms with Crippen molar-refractivity contribution < 1.29 is 15.3 Å². The molecule has 4 heteroatoms. The summed E-state index contributed by atoms with van der Waals surface area (Å²) in [6, 6.07) is 0. The Bertz CT molecular complexity index is 99.0. The van der Waals surface area contributed by atoms with Crippen molar-refractivity contribution in [1.82, 2.24) is 5.32 Å². The molecule has 0 fully saturated rings. The number of hydrogen-bond donors (Lipinski definition) is 4. The van der Waals surface area contributed by atoms with E-state index in [9.17, 15) is 0 Å². The van der Waals surface area contributed by atoms with Gasteiger partial charge in [-0.2, -0.15) is 0 Å². The minimum atomic E-state index is -0.657. The minimum Gasteiger partial charge on any atom is -0.396 e. The third kappa shape index (κ3) is 8.18. The molecule has 13 heavy (non-hydrogen) atoms. The highest BCUT2D eigenvalue weighted by Crippen LogP contribution is 2.02. The Morgan fingerprint density at radius 1 is 1.23 bits per heavy atom. The molecule has 2 atom stereocenters. The molecular weight excluding hydrogens is 170 g/mol. The molecule has 0 aromatic rings. The Kier molecular flexibility index (Phi) is 8.33. The highest BCUT2D eigenvalue weighted by atomic mass is 16.3. The van der Waals surface area contributed by atoms with Gasteiger partial charge in [0.1, 0.15) is 0 Å². The van der Waals surface area contributed by atoms with E-state index in [1.807, 2.05) is 6.92 Å². The van der Waals surface area contributed by atoms with Crippen LogP contribution in [0.1, 0.15) is 19.8 Å². The molecule has 0 aromatic carbocycles. The largest absolute Gasteiger partial charge is 0.396 e. The molecule has 4 nitrogen and oxygen atoms in total. The first kappa shape index (κ1) is 12.8. The van der Waals surface area contributed by atoms with Gasteiger partial charge < -0.3 is 20.6 Å². The van der Waals surface area contributed by atoms with Crippen LogP contribution in [-0.4, -0.2) is 47.7 Å². The van der Waals surface area contributed by atoms with Gasteiger partial charge in [-0.25, -0.2) is 0 Å². The van der Waals surface area contributed by atoms with E-state index in [0.29, 0.717) is 12.5 Å². The standard InChI is InChI=1S/C9H21NO3/c1-8(6-11)3-2-4-10-5-9(13)7-12/h8-13H,2-7H2,1H3. The third-order valence-corrected chi connectivity index (χ3v) is 1.95. The fourth-order valence-electron chi connectivity index (χ4n) is 1.00. The van der Waals surface area contributed by atoms with Crippen LogP contribution >= 0.6 is 0 Å². The third-order valence-electron chi connectivity index (χ3n) is 1.95. The molecule has 80 valence electrons. The highest BCUT2D eigenvalue weighted by Gasteiger charge is 2.01. The Balaban J connectivity index is 3.08. The average Bonchev–Trinajstić information content (AvgIpc) is 2.16. The summed E-state index contributed by atoms with van der Waals surface area (Å²) in [6.07, 6.45) is 1.31. The lowest BCUT2D eigenvalue weighted by atomic mass is 10.1. The first-order chi connectivity index (χ1) is 6.20. The summed E-state index contributed by atoms with van der Waals surface area (Å²) in [5.74, 6) is 0.351. The Morgan fingerprint density at radius 2 is 1.92 bits per heavy atom. The van der Waals surface area contributed by atoms with Gasteiger partial charge in [0, 0.05) is 13.2 Å². The fourth-order valence-corrected chi connectivity index (χ4v) is 1.00. The molecule has 0 saturated heterocycles. The fraction of sp³-hybridized carbons (Fsp3) is 1.00. The van der Waals surface area contributed by atoms with Crippen molar-refractivity contribution in [1.29, 1.82) is 0 Å². The van der Waals surface area contributed by atoms with Gasteiger partial charge in [-0.3, -0.25) is 0 Å². The summed E-state index contributed by atoms with van der Waals surface area (Å²) in [5.41, 5.74) is 0. The van der Waals surface area contributed by atoms with Crippen LogP contribution in [0.3, 0.4) is 0 Å². The second-order valence-corrected chi connectivity index (χ2v) is 3.47. The van der Waals surface area contributed by atoms with Gasteiger partial charge in [-0.1, -0.05) is 6.92 Å². The predicted molar refractivity (Wildman–Crippen MR) is 51.4 cm³/mol. The van der Waals surface area contributed by atoms with Crippen LogP contribution in [0.25, 0.3) is 0 Å². The lowest BCUT2D eigenvalue weighted by Crippen LogP contribution is -2.30. The Morgan fingerprint density at radius 3 is 2.46 bits per heavy atom. The second kappa shape index (κ2) is 8.44. The number of aliphatic hydroxyl groups excluding tert-OH is 3. The van der Waals surface area contributed by atoms with E-state index in [-0.39, 0.29) is 13.2 Å². The molecule has 0 aromatic heterocycles. The number of rotatable bonds is 8. The molecule has 0 aliphatic rings. The summed E-state index contributed by atoms with van der Waals surface area (Å²) in [4.78, 5) is 0. The van der Waals surface area contributed by atoms with E-state index in [4.69, 9.17) is 15.3 Å². The molecule has 0 bridgehead atoms. The summed E-state index contributed by atoms with van der Waals surface area (Å²) < 4.78 is 0. The Hall–Kier alpha value is -0.160. The van der Waals surface area contributed by atoms with Gasteiger partial charge >= 0.3 is 0 Å². The molecule has 0 saturated carbocycles. The van der Waals surface area contributed by atoms with Crippen LogP contribution in [0.5, 0.6) is 0 Å². The van der Waals surface area contributed by atoms with Gasteiger partial charge in [0.2, 0.25) is 0 Å². The normalized spacial score (nSPS) is 15.7. The smallest absolute Gasteiger partial charge is 0.0894 e. The zero-order valence-electron chi connectivity index (χ0n) is 8.24. The molecule has 4 N–H and O–H groups in total. The monoisotopic (exact) mass is 191 g/mol. The molecule has 0 amide bonds. The Labute approximate surface area is 79.6 Å². The van der Waals surface area contributed by atoms with Crippen LogP contribution in [-0.2, 0) is 0 Å². The summed E-state index contributed by atoms with van der Waals surface area (Å²) in [6.45, 7) is 3.30. The van der Waals surface area contributed by atoms with Gasteiger partial charge in [0.15, 0.2) is 0 Å². The van der Waals surface area contributed by atoms with Gasteiger partial charge in [0.25, 0.3) is 0 Å². The highest BCUT2D eigenvalue weighted by molar-refractivity contribution is 4.58. The molecule has 0 aliphatic heterocycles. The van der Waals surface area contributed by atoms with Gasteiger partial charge in [-0.15, -0.1) is 0 Å². The van der Waals surface area contributed by atoms with E-state index < -0.39 is 6.10 Å². The quantitative estimate of drug-likeness (QED) is 0.384. The summed E-state index contributed by atoms with van der Waals surface area (Å²) >= 11 is 0. The van der Waals surface area contributed by atoms with Crippen molar-refractivity contribution >= 4 is 0 Å². The maximum atomic E-state index is 8.96. The van der Waals surface area contributed by atoms with Crippen molar-refractivity contribution in [3.63, 3.8) is 0 Å². The SMILES string of the molecule is CC(CO)CCCNCC(O)CO. The van der Waals surface area contributed by atoms with Crippen LogP contribution < -0.4 is 5.32 Å². The van der Waals surface area contributed by atoms with E-state index >= 15 is 0 Å². The lowest BCUT2D eigenvalue weighted by molar-refractivity contribution is 0.0943. The zero-order valence-corrected chi connectivity index (χ0v) is 8.24. The summed E-state index contributed by atoms with van der Waals surface area (Å²) in [7, 11) is 0. The van der Waals surface area contributed by atoms with E-state index in [2.05, 4.69) is 5.32 Å². The maximum absolute atomic E-state index is 8.96. The van der Waals surface area contributed by atoms with Crippen LogP contribution in [0.15, 0.2) is 0 Å². The van der Waals surface area contributed by atoms with E-state index in [1.165, 1.54) is 0 Å². The van der Waals surface area contributed by atoms with Gasteiger partial charge in [0.05, 0.1) is 12.7 Å². The van der Waals surface area contributed by atoms with E-state index in [0.717, 1.165) is 19.4 Å². The van der Waals surface area contributed by atoms with Crippen LogP contribution in [0.4, 0.5) is 0 Å². The van der Waals surface area contributed by atoms with Crippen molar-refractivity contribution in [2.75, 3.05) is 26.3 Å². The first-order valence-corrected chi connectivity index (χ1v) is 4.81. The molecule has 0 radical (unpaired) electrons. The summed E-state index contributed by atoms with van der Waals surface area (Å²) in [5, 5.41) is 29.2. The van der Waals surface area contributed by atoms with Crippen LogP contribution in [0, 0.1) is 5.92 Å². The van der Waals surface area contributed by atoms with Crippen molar-refractivity contribution in [2.24, 2.45) is 5.92 Å². The number of hydrogen-bond acceptors (Lipinski definition) is 4. The molecular formula is C9H21NO3. The van der Waals surface area contributed by atoms with Crippen LogP contribution in [0.2, 0.25) is 0 Å². The molecule has 0 aliphatic carbocycles. The average molecular weight is 191 g/mol. The minimum absolute atomic E-state index is 0.194.